The van der Waals surface area contributed by atoms with Crippen molar-refractivity contribution in [2.45, 2.75) is 52.1 Å². The number of carbonyl (C=O) groups excluding carboxylic acids is 1. The molecule has 4 heteroatoms. The summed E-state index contributed by atoms with van der Waals surface area (Å²) in [5, 5.41) is 9.00. The van der Waals surface area contributed by atoms with E-state index < -0.39 is 11.6 Å². The molecule has 21 heavy (non-hydrogen) atoms. The molecule has 0 aromatic heterocycles. The molecule has 0 saturated heterocycles. The molecule has 1 atom stereocenters. The topological polar surface area (TPSA) is 63.6 Å². The van der Waals surface area contributed by atoms with E-state index in [1.54, 1.807) is 12.1 Å². The SMILES string of the molecule is CC(C)(C)OC(=O)CC1CCc2cc(C(=O)O)ccc2C1. The first-order valence-corrected chi connectivity index (χ1v) is 7.31. The van der Waals surface area contributed by atoms with Crippen LogP contribution in [-0.2, 0) is 22.4 Å². The largest absolute Gasteiger partial charge is 0.478 e. The number of ether oxygens (including phenoxy) is 1. The maximum Gasteiger partial charge on any atom is 0.335 e. The van der Waals surface area contributed by atoms with E-state index in [0.717, 1.165) is 30.4 Å². The second-order valence-corrected chi connectivity index (χ2v) is 6.69. The van der Waals surface area contributed by atoms with E-state index in [-0.39, 0.29) is 11.9 Å². The van der Waals surface area contributed by atoms with E-state index >= 15 is 0 Å². The van der Waals surface area contributed by atoms with Crippen molar-refractivity contribution in [1.82, 2.24) is 0 Å². The van der Waals surface area contributed by atoms with Crippen LogP contribution in [0.15, 0.2) is 18.2 Å². The molecule has 4 nitrogen and oxygen atoms in total. The number of carbonyl (C=O) groups is 2. The highest BCUT2D eigenvalue weighted by Gasteiger charge is 2.24. The minimum Gasteiger partial charge on any atom is -0.478 e. The number of carboxylic acids is 1. The van der Waals surface area contributed by atoms with E-state index in [1.807, 2.05) is 26.8 Å². The molecule has 0 radical (unpaired) electrons. The number of rotatable bonds is 3. The van der Waals surface area contributed by atoms with Crippen molar-refractivity contribution in [3.8, 4) is 0 Å². The number of benzene rings is 1. The fourth-order valence-electron chi connectivity index (χ4n) is 2.76. The summed E-state index contributed by atoms with van der Waals surface area (Å²) >= 11 is 0. The third-order valence-corrected chi connectivity index (χ3v) is 3.66. The Kier molecular flexibility index (Phi) is 4.35. The van der Waals surface area contributed by atoms with E-state index in [2.05, 4.69) is 0 Å². The van der Waals surface area contributed by atoms with Crippen LogP contribution in [0.1, 0.15) is 55.1 Å². The van der Waals surface area contributed by atoms with Crippen LogP contribution >= 0.6 is 0 Å². The molecule has 114 valence electrons. The highest BCUT2D eigenvalue weighted by molar-refractivity contribution is 5.87. The summed E-state index contributed by atoms with van der Waals surface area (Å²) < 4.78 is 5.36. The molecule has 0 amide bonds. The molecule has 1 aliphatic carbocycles. The summed E-state index contributed by atoms with van der Waals surface area (Å²) in [4.78, 5) is 22.9. The Labute approximate surface area is 125 Å². The summed E-state index contributed by atoms with van der Waals surface area (Å²) in [5.41, 5.74) is 2.13. The summed E-state index contributed by atoms with van der Waals surface area (Å²) in [7, 11) is 0. The first kappa shape index (κ1) is 15.5. The maximum atomic E-state index is 11.9. The van der Waals surface area contributed by atoms with Gasteiger partial charge < -0.3 is 9.84 Å². The summed E-state index contributed by atoms with van der Waals surface area (Å²) in [6, 6.07) is 5.26. The smallest absolute Gasteiger partial charge is 0.335 e. The highest BCUT2D eigenvalue weighted by atomic mass is 16.6. The third kappa shape index (κ3) is 4.31. The quantitative estimate of drug-likeness (QED) is 0.868. The van der Waals surface area contributed by atoms with Gasteiger partial charge in [-0.2, -0.15) is 0 Å². The van der Waals surface area contributed by atoms with Crippen molar-refractivity contribution in [3.63, 3.8) is 0 Å². The van der Waals surface area contributed by atoms with Crippen molar-refractivity contribution >= 4 is 11.9 Å². The Morgan fingerprint density at radius 3 is 2.62 bits per heavy atom. The predicted octanol–water partition coefficient (Wildman–Crippen LogP) is 3.22. The zero-order valence-corrected chi connectivity index (χ0v) is 12.8. The number of aromatic carboxylic acids is 1. The highest BCUT2D eigenvalue weighted by Crippen LogP contribution is 2.29. The number of aryl methyl sites for hydroxylation is 1. The van der Waals surface area contributed by atoms with Crippen molar-refractivity contribution in [2.75, 3.05) is 0 Å². The van der Waals surface area contributed by atoms with Crippen LogP contribution in [0.25, 0.3) is 0 Å². The average molecular weight is 290 g/mol. The van der Waals surface area contributed by atoms with Crippen LogP contribution in [-0.4, -0.2) is 22.6 Å². The first-order chi connectivity index (χ1) is 9.74. The predicted molar refractivity (Wildman–Crippen MR) is 79.4 cm³/mol. The van der Waals surface area contributed by atoms with Gasteiger partial charge in [-0.15, -0.1) is 0 Å². The average Bonchev–Trinajstić information content (AvgIpc) is 2.35. The van der Waals surface area contributed by atoms with E-state index in [1.165, 1.54) is 0 Å². The molecule has 0 spiro atoms. The summed E-state index contributed by atoms with van der Waals surface area (Å²) in [5.74, 6) is -0.769. The third-order valence-electron chi connectivity index (χ3n) is 3.66. The monoisotopic (exact) mass is 290 g/mol. The van der Waals surface area contributed by atoms with Gasteiger partial charge in [0.05, 0.1) is 5.56 Å². The normalized spacial score (nSPS) is 18.0. The number of hydrogen-bond acceptors (Lipinski definition) is 3. The van der Waals surface area contributed by atoms with Crippen LogP contribution in [0.4, 0.5) is 0 Å². The van der Waals surface area contributed by atoms with Crippen LogP contribution in [0.5, 0.6) is 0 Å². The lowest BCUT2D eigenvalue weighted by Crippen LogP contribution is -2.26. The Bertz CT molecular complexity index is 554. The van der Waals surface area contributed by atoms with Gasteiger partial charge in [0.15, 0.2) is 0 Å². The molecule has 0 saturated carbocycles. The Morgan fingerprint density at radius 1 is 1.29 bits per heavy atom. The molecule has 1 aliphatic rings. The second kappa shape index (κ2) is 5.88. The van der Waals surface area contributed by atoms with Gasteiger partial charge in [-0.05, 0) is 69.2 Å². The van der Waals surface area contributed by atoms with E-state index in [9.17, 15) is 9.59 Å². The van der Waals surface area contributed by atoms with Gasteiger partial charge in [-0.1, -0.05) is 6.07 Å². The van der Waals surface area contributed by atoms with Gasteiger partial charge in [0.2, 0.25) is 0 Å². The van der Waals surface area contributed by atoms with Crippen LogP contribution in [0.3, 0.4) is 0 Å². The zero-order chi connectivity index (χ0) is 15.6. The Hall–Kier alpha value is -1.84. The fourth-order valence-corrected chi connectivity index (χ4v) is 2.76. The molecular formula is C17H22O4. The number of carboxylic acid groups (broad SMARTS) is 1. The summed E-state index contributed by atoms with van der Waals surface area (Å²) in [6.45, 7) is 5.61. The van der Waals surface area contributed by atoms with Gasteiger partial charge in [0, 0.05) is 6.42 Å². The molecule has 1 aromatic rings. The van der Waals surface area contributed by atoms with Crippen LogP contribution < -0.4 is 0 Å². The fraction of sp³-hybridized carbons (Fsp3) is 0.529. The standard InChI is InChI=1S/C17H22O4/c1-17(2,3)21-15(18)9-11-4-5-13-10-14(16(19)20)7-6-12(13)8-11/h6-7,10-11H,4-5,8-9H2,1-3H3,(H,19,20). The van der Waals surface area contributed by atoms with E-state index in [4.69, 9.17) is 9.84 Å². The van der Waals surface area contributed by atoms with Crippen LogP contribution in [0, 0.1) is 5.92 Å². The van der Waals surface area contributed by atoms with Gasteiger partial charge in [0.1, 0.15) is 5.60 Å². The lowest BCUT2D eigenvalue weighted by atomic mass is 9.81. The molecule has 0 heterocycles. The van der Waals surface area contributed by atoms with Crippen molar-refractivity contribution in [1.29, 1.82) is 0 Å². The Balaban J connectivity index is 2.00. The molecule has 2 rings (SSSR count). The molecule has 1 aromatic carbocycles. The zero-order valence-electron chi connectivity index (χ0n) is 12.8. The van der Waals surface area contributed by atoms with Crippen LogP contribution in [0.2, 0.25) is 0 Å². The lowest BCUT2D eigenvalue weighted by Gasteiger charge is -2.26. The molecule has 1 unspecified atom stereocenters. The molecular weight excluding hydrogens is 268 g/mol. The minimum absolute atomic E-state index is 0.155. The maximum absolute atomic E-state index is 11.9. The molecule has 0 fully saturated rings. The van der Waals surface area contributed by atoms with Gasteiger partial charge in [-0.25, -0.2) is 4.79 Å². The first-order valence-electron chi connectivity index (χ1n) is 7.31. The number of fused-ring (bicyclic) bond motifs is 1. The lowest BCUT2D eigenvalue weighted by molar-refractivity contribution is -0.156. The Morgan fingerprint density at radius 2 is 2.00 bits per heavy atom. The minimum atomic E-state index is -0.895. The van der Waals surface area contributed by atoms with Gasteiger partial charge >= 0.3 is 11.9 Å². The van der Waals surface area contributed by atoms with Crippen molar-refractivity contribution in [3.05, 3.63) is 34.9 Å². The van der Waals surface area contributed by atoms with Gasteiger partial charge in [-0.3, -0.25) is 4.79 Å². The number of esters is 1. The number of hydrogen-bond donors (Lipinski definition) is 1. The van der Waals surface area contributed by atoms with Crippen molar-refractivity contribution < 1.29 is 19.4 Å². The molecule has 0 bridgehead atoms. The van der Waals surface area contributed by atoms with Crippen molar-refractivity contribution in [2.24, 2.45) is 5.92 Å². The summed E-state index contributed by atoms with van der Waals surface area (Å²) in [6.07, 6.45) is 2.96. The second-order valence-electron chi connectivity index (χ2n) is 6.69. The van der Waals surface area contributed by atoms with Gasteiger partial charge in [0.25, 0.3) is 0 Å². The molecule has 1 N–H and O–H groups in total. The molecule has 0 aliphatic heterocycles. The van der Waals surface area contributed by atoms with E-state index in [0.29, 0.717) is 12.0 Å².